The summed E-state index contributed by atoms with van der Waals surface area (Å²) in [7, 11) is 0. The van der Waals surface area contributed by atoms with Crippen LogP contribution in [0, 0.1) is 0 Å². The summed E-state index contributed by atoms with van der Waals surface area (Å²) in [5, 5.41) is 9.81. The minimum absolute atomic E-state index is 0.00617. The van der Waals surface area contributed by atoms with Gasteiger partial charge < -0.3 is 19.5 Å². The fourth-order valence-corrected chi connectivity index (χ4v) is 5.11. The molecular formula is C22H23N3O4S. The lowest BCUT2D eigenvalue weighted by atomic mass is 9.98. The third kappa shape index (κ3) is 3.78. The summed E-state index contributed by atoms with van der Waals surface area (Å²) in [5.41, 5.74) is 3.46. The molecule has 7 nitrogen and oxygen atoms in total. The Morgan fingerprint density at radius 2 is 1.83 bits per heavy atom. The van der Waals surface area contributed by atoms with E-state index in [0.29, 0.717) is 37.9 Å². The summed E-state index contributed by atoms with van der Waals surface area (Å²) in [5.74, 6) is 0.742. The number of ether oxygens (including phenoxy) is 2. The summed E-state index contributed by atoms with van der Waals surface area (Å²) in [4.78, 5) is 20.2. The van der Waals surface area contributed by atoms with E-state index in [4.69, 9.17) is 9.47 Å². The molecule has 3 aliphatic rings. The molecular weight excluding hydrogens is 402 g/mol. The maximum atomic E-state index is 13.0. The second-order valence-corrected chi connectivity index (χ2v) is 8.78. The van der Waals surface area contributed by atoms with Gasteiger partial charge in [0.15, 0.2) is 5.75 Å². The molecule has 1 aromatic heterocycles. The molecule has 1 atom stereocenters. The summed E-state index contributed by atoms with van der Waals surface area (Å²) in [6.45, 7) is 3.79. The standard InChI is InChI=1S/C22H23N3O4S/c26-14-19(15-4-2-1-3-5-15)22(27)24-10-16-12-25(13-17(16)11-24)30-18-8-20-21(23-9-18)29-7-6-28-20/h1-5,8-9,19,26H,6-7,10-14H2. The lowest BCUT2D eigenvalue weighted by Gasteiger charge is -2.25. The maximum absolute atomic E-state index is 13.0. The fraction of sp³-hybridized carbons (Fsp3) is 0.364. The van der Waals surface area contributed by atoms with Gasteiger partial charge in [0.1, 0.15) is 13.2 Å². The van der Waals surface area contributed by atoms with Crippen molar-refractivity contribution < 1.29 is 19.4 Å². The third-order valence-electron chi connectivity index (χ3n) is 5.60. The topological polar surface area (TPSA) is 75.1 Å². The zero-order valence-corrected chi connectivity index (χ0v) is 17.3. The molecule has 0 spiro atoms. The molecule has 30 heavy (non-hydrogen) atoms. The Bertz CT molecular complexity index is 964. The number of fused-ring (bicyclic) bond motifs is 1. The van der Waals surface area contributed by atoms with Gasteiger partial charge in [-0.1, -0.05) is 30.3 Å². The number of benzene rings is 1. The molecule has 0 saturated heterocycles. The number of nitrogens with zero attached hydrogens (tertiary/aromatic N) is 3. The molecule has 156 valence electrons. The number of pyridine rings is 1. The molecule has 1 unspecified atom stereocenters. The molecule has 0 radical (unpaired) electrons. The summed E-state index contributed by atoms with van der Waals surface area (Å²) >= 11 is 1.65. The normalized spacial score (nSPS) is 19.2. The van der Waals surface area contributed by atoms with Gasteiger partial charge in [-0.25, -0.2) is 9.29 Å². The molecule has 1 amide bonds. The molecule has 1 N–H and O–H groups in total. The van der Waals surface area contributed by atoms with Crippen molar-refractivity contribution in [1.29, 1.82) is 0 Å². The number of rotatable bonds is 5. The Morgan fingerprint density at radius 3 is 2.57 bits per heavy atom. The maximum Gasteiger partial charge on any atom is 0.257 e. The van der Waals surface area contributed by atoms with E-state index in [2.05, 4.69) is 9.29 Å². The molecule has 8 heteroatoms. The predicted octanol–water partition coefficient (Wildman–Crippen LogP) is 2.09. The van der Waals surface area contributed by atoms with Crippen LogP contribution < -0.4 is 9.47 Å². The SMILES string of the molecule is O=C(C(CO)c1ccccc1)N1CC2=C(CN(Sc3cnc4c(c3)OCCO4)C2)C1. The van der Waals surface area contributed by atoms with E-state index < -0.39 is 5.92 Å². The Hall–Kier alpha value is -2.55. The van der Waals surface area contributed by atoms with Crippen molar-refractivity contribution in [1.82, 2.24) is 14.2 Å². The van der Waals surface area contributed by atoms with Gasteiger partial charge >= 0.3 is 0 Å². The number of hydrogen-bond donors (Lipinski definition) is 1. The van der Waals surface area contributed by atoms with Crippen molar-refractivity contribution in [2.45, 2.75) is 10.8 Å². The zero-order valence-electron chi connectivity index (χ0n) is 16.5. The van der Waals surface area contributed by atoms with Gasteiger partial charge in [-0.05, 0) is 28.7 Å². The van der Waals surface area contributed by atoms with Gasteiger partial charge in [0, 0.05) is 43.3 Å². The van der Waals surface area contributed by atoms with Crippen LogP contribution >= 0.6 is 11.9 Å². The molecule has 3 aliphatic heterocycles. The Balaban J connectivity index is 1.19. The van der Waals surface area contributed by atoms with Gasteiger partial charge in [0.05, 0.1) is 12.5 Å². The van der Waals surface area contributed by atoms with E-state index in [1.165, 1.54) is 11.1 Å². The highest BCUT2D eigenvalue weighted by Crippen LogP contribution is 2.37. The number of carbonyl (C=O) groups is 1. The minimum atomic E-state index is -0.500. The molecule has 5 rings (SSSR count). The van der Waals surface area contributed by atoms with Crippen molar-refractivity contribution in [3.05, 3.63) is 59.3 Å². The van der Waals surface area contributed by atoms with Crippen molar-refractivity contribution in [3.63, 3.8) is 0 Å². The molecule has 0 saturated carbocycles. The third-order valence-corrected chi connectivity index (χ3v) is 6.55. The molecule has 0 aliphatic carbocycles. The van der Waals surface area contributed by atoms with Crippen LogP contribution in [0.4, 0.5) is 0 Å². The quantitative estimate of drug-likeness (QED) is 0.581. The van der Waals surface area contributed by atoms with E-state index in [1.54, 1.807) is 11.9 Å². The first kappa shape index (κ1) is 19.4. The number of aliphatic hydroxyl groups is 1. The minimum Gasteiger partial charge on any atom is -0.484 e. The Labute approximate surface area is 179 Å². The van der Waals surface area contributed by atoms with Crippen molar-refractivity contribution in [3.8, 4) is 11.6 Å². The monoisotopic (exact) mass is 425 g/mol. The van der Waals surface area contributed by atoms with Gasteiger partial charge in [0.25, 0.3) is 5.88 Å². The average Bonchev–Trinajstić information content (AvgIpc) is 3.33. The van der Waals surface area contributed by atoms with Crippen LogP contribution in [0.3, 0.4) is 0 Å². The second-order valence-electron chi connectivity index (χ2n) is 7.61. The van der Waals surface area contributed by atoms with Crippen molar-refractivity contribution >= 4 is 17.9 Å². The number of aromatic nitrogens is 1. The highest BCUT2D eigenvalue weighted by atomic mass is 32.2. The van der Waals surface area contributed by atoms with E-state index in [0.717, 1.165) is 23.5 Å². The van der Waals surface area contributed by atoms with Crippen LogP contribution in [-0.4, -0.2) is 71.2 Å². The molecule has 0 bridgehead atoms. The van der Waals surface area contributed by atoms with Crippen LogP contribution in [0.15, 0.2) is 58.6 Å². The first-order chi connectivity index (χ1) is 14.7. The number of aliphatic hydroxyl groups excluding tert-OH is 1. The Morgan fingerprint density at radius 1 is 1.10 bits per heavy atom. The first-order valence-corrected chi connectivity index (χ1v) is 10.8. The zero-order chi connectivity index (χ0) is 20.5. The number of amides is 1. The van der Waals surface area contributed by atoms with Crippen molar-refractivity contribution in [2.24, 2.45) is 0 Å². The Kier molecular flexibility index (Phi) is 5.37. The summed E-state index contributed by atoms with van der Waals surface area (Å²) in [6.07, 6.45) is 1.81. The highest BCUT2D eigenvalue weighted by molar-refractivity contribution is 7.97. The molecule has 1 aromatic carbocycles. The van der Waals surface area contributed by atoms with E-state index in [-0.39, 0.29) is 12.5 Å². The molecule has 0 fully saturated rings. The van der Waals surface area contributed by atoms with Crippen LogP contribution in [0.2, 0.25) is 0 Å². The average molecular weight is 426 g/mol. The van der Waals surface area contributed by atoms with E-state index in [1.807, 2.05) is 47.5 Å². The number of carbonyl (C=O) groups excluding carboxylic acids is 1. The van der Waals surface area contributed by atoms with E-state index in [9.17, 15) is 9.90 Å². The smallest absolute Gasteiger partial charge is 0.257 e. The van der Waals surface area contributed by atoms with Crippen LogP contribution in [0.25, 0.3) is 0 Å². The lowest BCUT2D eigenvalue weighted by molar-refractivity contribution is -0.132. The lowest BCUT2D eigenvalue weighted by Crippen LogP contribution is -2.37. The summed E-state index contributed by atoms with van der Waals surface area (Å²) in [6, 6.07) is 11.5. The number of hydrogen-bond acceptors (Lipinski definition) is 7. The van der Waals surface area contributed by atoms with Gasteiger partial charge in [0.2, 0.25) is 5.91 Å². The van der Waals surface area contributed by atoms with Crippen LogP contribution in [-0.2, 0) is 4.79 Å². The van der Waals surface area contributed by atoms with Gasteiger partial charge in [-0.15, -0.1) is 0 Å². The molecule has 2 aromatic rings. The highest BCUT2D eigenvalue weighted by Gasteiger charge is 2.35. The summed E-state index contributed by atoms with van der Waals surface area (Å²) < 4.78 is 13.4. The van der Waals surface area contributed by atoms with Crippen LogP contribution in [0.5, 0.6) is 11.6 Å². The van der Waals surface area contributed by atoms with E-state index >= 15 is 0 Å². The van der Waals surface area contributed by atoms with Crippen LogP contribution in [0.1, 0.15) is 11.5 Å². The largest absolute Gasteiger partial charge is 0.484 e. The van der Waals surface area contributed by atoms with Gasteiger partial charge in [-0.3, -0.25) is 4.79 Å². The second kappa shape index (κ2) is 8.29. The van der Waals surface area contributed by atoms with Gasteiger partial charge in [-0.2, -0.15) is 0 Å². The predicted molar refractivity (Wildman–Crippen MR) is 113 cm³/mol. The molecule has 4 heterocycles. The fourth-order valence-electron chi connectivity index (χ4n) is 4.11. The van der Waals surface area contributed by atoms with Crippen molar-refractivity contribution in [2.75, 3.05) is 46.0 Å². The first-order valence-electron chi connectivity index (χ1n) is 10.0.